The molecule has 0 spiro atoms. The van der Waals surface area contributed by atoms with Gasteiger partial charge in [0.1, 0.15) is 0 Å². The Kier molecular flexibility index (Phi) is 7.27. The zero-order valence-electron chi connectivity index (χ0n) is 24.4. The molecule has 43 heavy (non-hydrogen) atoms. The fourth-order valence-corrected chi connectivity index (χ4v) is 6.90. The summed E-state index contributed by atoms with van der Waals surface area (Å²) in [6.07, 6.45) is 18.8. The van der Waals surface area contributed by atoms with Crippen molar-refractivity contribution in [2.45, 2.75) is 25.7 Å². The van der Waals surface area contributed by atoms with Crippen LogP contribution in [-0.4, -0.2) is 9.97 Å². The van der Waals surface area contributed by atoms with Crippen LogP contribution < -0.4 is 0 Å². The van der Waals surface area contributed by atoms with Crippen molar-refractivity contribution in [1.29, 1.82) is 0 Å². The molecule has 2 aliphatic carbocycles. The van der Waals surface area contributed by atoms with Gasteiger partial charge in [0, 0.05) is 35.6 Å². The van der Waals surface area contributed by atoms with Crippen molar-refractivity contribution in [3.8, 4) is 22.4 Å². The highest BCUT2D eigenvalue weighted by Crippen LogP contribution is 2.52. The van der Waals surface area contributed by atoms with Gasteiger partial charge >= 0.3 is 0 Å². The van der Waals surface area contributed by atoms with Gasteiger partial charge in [-0.3, -0.25) is 9.97 Å². The Labute approximate surface area is 254 Å². The Bertz CT molecular complexity index is 1940. The molecule has 2 unspecified atom stereocenters. The van der Waals surface area contributed by atoms with Crippen LogP contribution in [0.3, 0.4) is 0 Å². The minimum atomic E-state index is 0.330. The molecular weight excluding hydrogens is 520 g/mol. The summed E-state index contributed by atoms with van der Waals surface area (Å²) in [5.41, 5.74) is 12.4. The lowest BCUT2D eigenvalue weighted by atomic mass is 9.65. The van der Waals surface area contributed by atoms with E-state index in [-0.39, 0.29) is 0 Å². The second-order valence-corrected chi connectivity index (χ2v) is 11.4. The molecular formula is C41H34N2. The molecule has 2 heterocycles. The first-order valence-electron chi connectivity index (χ1n) is 15.1. The minimum absolute atomic E-state index is 0.330. The molecule has 7 rings (SSSR count). The van der Waals surface area contributed by atoms with Crippen molar-refractivity contribution in [2.24, 2.45) is 5.92 Å². The van der Waals surface area contributed by atoms with Crippen molar-refractivity contribution in [3.63, 3.8) is 0 Å². The van der Waals surface area contributed by atoms with Crippen LogP contribution in [0.2, 0.25) is 0 Å². The molecule has 0 fully saturated rings. The van der Waals surface area contributed by atoms with Crippen LogP contribution in [-0.2, 0) is 0 Å². The van der Waals surface area contributed by atoms with E-state index in [1.807, 2.05) is 30.6 Å². The Hall–Kier alpha value is -5.08. The summed E-state index contributed by atoms with van der Waals surface area (Å²) in [4.78, 5) is 8.99. The van der Waals surface area contributed by atoms with E-state index in [0.717, 1.165) is 35.2 Å². The van der Waals surface area contributed by atoms with Crippen LogP contribution in [0.1, 0.15) is 36.8 Å². The van der Waals surface area contributed by atoms with Gasteiger partial charge in [-0.2, -0.15) is 0 Å². The van der Waals surface area contributed by atoms with Gasteiger partial charge in [0.2, 0.25) is 0 Å². The van der Waals surface area contributed by atoms with Crippen molar-refractivity contribution >= 4 is 16.3 Å². The lowest BCUT2D eigenvalue weighted by Crippen LogP contribution is -2.24. The quantitative estimate of drug-likeness (QED) is 0.195. The maximum absolute atomic E-state index is 4.70. The molecule has 0 amide bonds. The van der Waals surface area contributed by atoms with E-state index in [4.69, 9.17) is 4.98 Å². The molecule has 2 aliphatic rings. The number of benzene rings is 3. The molecule has 0 saturated carbocycles. The Morgan fingerprint density at radius 2 is 1.63 bits per heavy atom. The second-order valence-electron chi connectivity index (χ2n) is 11.4. The highest BCUT2D eigenvalue weighted by atomic mass is 14.7. The maximum Gasteiger partial charge on any atom is 0.0708 e. The SMILES string of the molecule is C=C/C=C\C1=C(C)C(c2ccc3ccccc3c2)C2CCC=CC2=C1c1ccc(-c2cc(-c3cccnc3)ccn2)cc1. The fraction of sp³-hybridized carbons (Fsp3) is 0.122. The summed E-state index contributed by atoms with van der Waals surface area (Å²) < 4.78 is 0. The number of nitrogens with zero attached hydrogens (tertiary/aromatic N) is 2. The van der Waals surface area contributed by atoms with Crippen LogP contribution in [0.5, 0.6) is 0 Å². The molecule has 0 bridgehead atoms. The van der Waals surface area contributed by atoms with Gasteiger partial charge in [-0.15, -0.1) is 0 Å². The van der Waals surface area contributed by atoms with Gasteiger partial charge < -0.3 is 0 Å². The van der Waals surface area contributed by atoms with Crippen LogP contribution >= 0.6 is 0 Å². The molecule has 2 aromatic heterocycles. The van der Waals surface area contributed by atoms with Crippen LogP contribution in [0, 0.1) is 5.92 Å². The number of pyridine rings is 2. The molecule has 3 aromatic carbocycles. The average molecular weight is 555 g/mol. The van der Waals surface area contributed by atoms with E-state index >= 15 is 0 Å². The van der Waals surface area contributed by atoms with Crippen molar-refractivity contribution < 1.29 is 0 Å². The Morgan fingerprint density at radius 1 is 0.791 bits per heavy atom. The highest BCUT2D eigenvalue weighted by molar-refractivity contribution is 5.90. The van der Waals surface area contributed by atoms with E-state index < -0.39 is 0 Å². The number of hydrogen-bond acceptors (Lipinski definition) is 2. The average Bonchev–Trinajstić information content (AvgIpc) is 3.07. The van der Waals surface area contributed by atoms with Crippen LogP contribution in [0.4, 0.5) is 0 Å². The van der Waals surface area contributed by atoms with Gasteiger partial charge in [-0.05, 0) is 88.1 Å². The predicted molar refractivity (Wildman–Crippen MR) is 180 cm³/mol. The molecule has 2 atom stereocenters. The smallest absolute Gasteiger partial charge is 0.0708 e. The number of allylic oxidation sites excluding steroid dienone is 9. The van der Waals surface area contributed by atoms with Crippen LogP contribution in [0.25, 0.3) is 38.7 Å². The Morgan fingerprint density at radius 3 is 2.44 bits per heavy atom. The molecule has 5 aromatic rings. The summed E-state index contributed by atoms with van der Waals surface area (Å²) >= 11 is 0. The van der Waals surface area contributed by atoms with E-state index in [0.29, 0.717) is 11.8 Å². The standard InChI is InChI=1S/C41H34N2/c1-3-4-13-36-28(2)40(34-21-16-29-10-5-6-11-32(29)25-34)37-14-7-8-15-38(37)41(36)31-19-17-30(18-20-31)39-26-33(22-24-43-39)35-12-9-23-42-27-35/h3-6,8-13,15-27,37,40H,1,7,14H2,2H3/b13-4-. The first-order chi connectivity index (χ1) is 21.2. The number of hydrogen-bond donors (Lipinski definition) is 0. The fourth-order valence-electron chi connectivity index (χ4n) is 6.90. The number of aromatic nitrogens is 2. The molecule has 0 saturated heterocycles. The zero-order valence-corrected chi connectivity index (χ0v) is 24.4. The summed E-state index contributed by atoms with van der Waals surface area (Å²) in [6.45, 7) is 6.32. The third kappa shape index (κ3) is 5.10. The van der Waals surface area contributed by atoms with Crippen molar-refractivity contribution in [2.75, 3.05) is 0 Å². The lowest BCUT2D eigenvalue weighted by Gasteiger charge is -2.39. The topological polar surface area (TPSA) is 25.8 Å². The van der Waals surface area contributed by atoms with Crippen LogP contribution in [0.15, 0.2) is 163 Å². The largest absolute Gasteiger partial charge is 0.264 e. The van der Waals surface area contributed by atoms with Crippen molar-refractivity contribution in [1.82, 2.24) is 9.97 Å². The zero-order chi connectivity index (χ0) is 29.2. The van der Waals surface area contributed by atoms with E-state index in [1.54, 1.807) is 6.20 Å². The lowest BCUT2D eigenvalue weighted by molar-refractivity contribution is 0.490. The summed E-state index contributed by atoms with van der Waals surface area (Å²) in [5, 5.41) is 2.59. The summed E-state index contributed by atoms with van der Waals surface area (Å²) in [7, 11) is 0. The molecule has 208 valence electrons. The number of rotatable bonds is 6. The van der Waals surface area contributed by atoms with E-state index in [1.165, 1.54) is 44.2 Å². The number of fused-ring (bicyclic) bond motifs is 2. The second kappa shape index (κ2) is 11.7. The normalized spacial score (nSPS) is 18.3. The van der Waals surface area contributed by atoms with Crippen molar-refractivity contribution in [3.05, 3.63) is 174 Å². The third-order valence-electron chi connectivity index (χ3n) is 8.95. The Balaban J connectivity index is 1.31. The van der Waals surface area contributed by atoms with Gasteiger partial charge in [-0.25, -0.2) is 0 Å². The third-order valence-corrected chi connectivity index (χ3v) is 8.95. The molecule has 0 radical (unpaired) electrons. The molecule has 2 nitrogen and oxygen atoms in total. The first-order valence-corrected chi connectivity index (χ1v) is 15.1. The summed E-state index contributed by atoms with van der Waals surface area (Å²) in [6, 6.07) is 32.9. The maximum atomic E-state index is 4.70. The molecule has 0 aliphatic heterocycles. The highest BCUT2D eigenvalue weighted by Gasteiger charge is 2.36. The predicted octanol–water partition coefficient (Wildman–Crippen LogP) is 10.5. The summed E-state index contributed by atoms with van der Waals surface area (Å²) in [5.74, 6) is 0.760. The van der Waals surface area contributed by atoms with Gasteiger partial charge in [0.25, 0.3) is 0 Å². The first kappa shape index (κ1) is 26.8. The minimum Gasteiger partial charge on any atom is -0.264 e. The van der Waals surface area contributed by atoms with Gasteiger partial charge in [-0.1, -0.05) is 115 Å². The van der Waals surface area contributed by atoms with Gasteiger partial charge in [0.05, 0.1) is 5.69 Å². The van der Waals surface area contributed by atoms with E-state index in [2.05, 4.69) is 122 Å². The molecule has 2 heteroatoms. The molecule has 0 N–H and O–H groups in total. The monoisotopic (exact) mass is 554 g/mol. The van der Waals surface area contributed by atoms with E-state index in [9.17, 15) is 0 Å². The van der Waals surface area contributed by atoms with Gasteiger partial charge in [0.15, 0.2) is 0 Å².